The van der Waals surface area contributed by atoms with Crippen LogP contribution < -0.4 is 4.72 Å². The van der Waals surface area contributed by atoms with Crippen LogP contribution in [0.1, 0.15) is 82.7 Å². The fourth-order valence-electron chi connectivity index (χ4n) is 3.96. The zero-order chi connectivity index (χ0) is 19.9. The Hall–Kier alpha value is -1.66. The quantitative estimate of drug-likeness (QED) is 0.763. The van der Waals surface area contributed by atoms with Gasteiger partial charge >= 0.3 is 0 Å². The predicted octanol–water partition coefficient (Wildman–Crippen LogP) is 4.70. The van der Waals surface area contributed by atoms with E-state index in [0.29, 0.717) is 11.8 Å². The zero-order valence-electron chi connectivity index (χ0n) is 17.0. The molecule has 0 aliphatic heterocycles. The minimum absolute atomic E-state index is 0.0342. The molecule has 4 rings (SSSR count). The van der Waals surface area contributed by atoms with Crippen LogP contribution in [-0.4, -0.2) is 29.2 Å². The van der Waals surface area contributed by atoms with E-state index in [-0.39, 0.29) is 6.04 Å². The highest BCUT2D eigenvalue weighted by Crippen LogP contribution is 2.44. The number of benzene rings is 1. The van der Waals surface area contributed by atoms with Gasteiger partial charge in [0.15, 0.2) is 0 Å². The Morgan fingerprint density at radius 1 is 0.964 bits per heavy atom. The molecule has 5 nitrogen and oxygen atoms in total. The zero-order valence-corrected chi connectivity index (χ0v) is 17.8. The maximum atomic E-state index is 12.4. The molecule has 0 saturated heterocycles. The number of nitrogens with one attached hydrogen (secondary N) is 2. The third-order valence-electron chi connectivity index (χ3n) is 6.02. The molecule has 2 aromatic rings. The second-order valence-electron chi connectivity index (χ2n) is 9.31. The standard InChI is InChI=1S/C22H31N3O2S/c1-22(2,3)28(26,27)25-18-13-11-17(12-14-18)21-23-19(15-7-5-4-6-8-15)20(24-21)16-9-10-16/h4-8,16-18,25H,9-14H2,1-3H3,(H,23,24). The van der Waals surface area contributed by atoms with Crippen LogP contribution in [0.25, 0.3) is 11.3 Å². The summed E-state index contributed by atoms with van der Waals surface area (Å²) in [6.45, 7) is 5.23. The molecule has 6 heteroatoms. The smallest absolute Gasteiger partial charge is 0.216 e. The highest BCUT2D eigenvalue weighted by molar-refractivity contribution is 7.90. The summed E-state index contributed by atoms with van der Waals surface area (Å²) >= 11 is 0. The molecule has 152 valence electrons. The third-order valence-corrected chi connectivity index (χ3v) is 8.28. The van der Waals surface area contributed by atoms with E-state index in [4.69, 9.17) is 4.98 Å². The highest BCUT2D eigenvalue weighted by atomic mass is 32.2. The molecule has 1 aromatic heterocycles. The van der Waals surface area contributed by atoms with Crippen LogP contribution in [0.5, 0.6) is 0 Å². The lowest BCUT2D eigenvalue weighted by Gasteiger charge is -2.30. The van der Waals surface area contributed by atoms with Crippen molar-refractivity contribution in [3.63, 3.8) is 0 Å². The van der Waals surface area contributed by atoms with Gasteiger partial charge in [-0.05, 0) is 59.3 Å². The van der Waals surface area contributed by atoms with E-state index in [1.165, 1.54) is 24.1 Å². The molecule has 28 heavy (non-hydrogen) atoms. The van der Waals surface area contributed by atoms with Gasteiger partial charge in [0.2, 0.25) is 10.0 Å². The SMILES string of the molecule is CC(C)(C)S(=O)(=O)NC1CCC(c2nc(-c3ccccc3)c(C3CC3)[nH]2)CC1. The van der Waals surface area contributed by atoms with Crippen LogP contribution in [0.2, 0.25) is 0 Å². The highest BCUT2D eigenvalue weighted by Gasteiger charge is 2.35. The first-order valence-corrected chi connectivity index (χ1v) is 11.9. The lowest BCUT2D eigenvalue weighted by molar-refractivity contribution is 0.363. The number of hydrogen-bond acceptors (Lipinski definition) is 3. The summed E-state index contributed by atoms with van der Waals surface area (Å²) in [5.41, 5.74) is 3.57. The monoisotopic (exact) mass is 401 g/mol. The van der Waals surface area contributed by atoms with Gasteiger partial charge in [-0.15, -0.1) is 0 Å². The van der Waals surface area contributed by atoms with E-state index in [9.17, 15) is 8.42 Å². The summed E-state index contributed by atoms with van der Waals surface area (Å²) in [7, 11) is -3.29. The van der Waals surface area contributed by atoms with Gasteiger partial charge in [-0.1, -0.05) is 30.3 Å². The van der Waals surface area contributed by atoms with Gasteiger partial charge in [0.05, 0.1) is 10.4 Å². The Balaban J connectivity index is 1.47. The molecule has 2 N–H and O–H groups in total. The fourth-order valence-corrected chi connectivity index (χ4v) is 4.99. The van der Waals surface area contributed by atoms with Crippen LogP contribution in [0, 0.1) is 0 Å². The van der Waals surface area contributed by atoms with E-state index < -0.39 is 14.8 Å². The number of aromatic amines is 1. The Labute approximate surface area is 168 Å². The van der Waals surface area contributed by atoms with E-state index >= 15 is 0 Å². The summed E-state index contributed by atoms with van der Waals surface area (Å²) in [5, 5.41) is 0. The number of hydrogen-bond donors (Lipinski definition) is 2. The maximum Gasteiger partial charge on any atom is 0.216 e. The average Bonchev–Trinajstić information content (AvgIpc) is 3.40. The van der Waals surface area contributed by atoms with Crippen molar-refractivity contribution in [2.45, 2.75) is 81.9 Å². The summed E-state index contributed by atoms with van der Waals surface area (Å²) in [6.07, 6.45) is 6.12. The topological polar surface area (TPSA) is 74.8 Å². The van der Waals surface area contributed by atoms with Crippen LogP contribution in [0.3, 0.4) is 0 Å². The molecule has 1 aromatic carbocycles. The summed E-state index contributed by atoms with van der Waals surface area (Å²) < 4.78 is 27.0. The van der Waals surface area contributed by atoms with Crippen molar-refractivity contribution in [3.8, 4) is 11.3 Å². The van der Waals surface area contributed by atoms with Crippen LogP contribution in [0.15, 0.2) is 30.3 Å². The van der Waals surface area contributed by atoms with Crippen molar-refractivity contribution in [1.82, 2.24) is 14.7 Å². The van der Waals surface area contributed by atoms with E-state index in [2.05, 4.69) is 34.0 Å². The number of aromatic nitrogens is 2. The molecule has 0 radical (unpaired) electrons. The number of H-pyrrole nitrogens is 1. The Bertz CT molecular complexity index is 916. The first-order valence-electron chi connectivity index (χ1n) is 10.4. The molecule has 1 heterocycles. The van der Waals surface area contributed by atoms with Crippen molar-refractivity contribution in [1.29, 1.82) is 0 Å². The van der Waals surface area contributed by atoms with E-state index in [1.54, 1.807) is 20.8 Å². The summed E-state index contributed by atoms with van der Waals surface area (Å²) in [6, 6.07) is 10.5. The van der Waals surface area contributed by atoms with Gasteiger partial charge in [0, 0.05) is 29.1 Å². The lowest BCUT2D eigenvalue weighted by atomic mass is 9.86. The van der Waals surface area contributed by atoms with Gasteiger partial charge in [-0.3, -0.25) is 0 Å². The molecule has 0 unspecified atom stereocenters. The minimum atomic E-state index is -3.29. The number of imidazole rings is 1. The Kier molecular flexibility index (Phi) is 5.12. The second kappa shape index (κ2) is 7.30. The van der Waals surface area contributed by atoms with Gasteiger partial charge < -0.3 is 4.98 Å². The fraction of sp³-hybridized carbons (Fsp3) is 0.591. The molecule has 2 fully saturated rings. The molecule has 0 amide bonds. The molecule has 0 atom stereocenters. The number of rotatable bonds is 5. The van der Waals surface area contributed by atoms with Crippen LogP contribution >= 0.6 is 0 Å². The van der Waals surface area contributed by atoms with E-state index in [1.807, 2.05) is 6.07 Å². The molecular formula is C22H31N3O2S. The number of sulfonamides is 1. The van der Waals surface area contributed by atoms with Crippen molar-refractivity contribution in [3.05, 3.63) is 41.9 Å². The molecule has 0 spiro atoms. The van der Waals surface area contributed by atoms with Crippen molar-refractivity contribution >= 4 is 10.0 Å². The van der Waals surface area contributed by atoms with Crippen molar-refractivity contribution < 1.29 is 8.42 Å². The second-order valence-corrected chi connectivity index (χ2v) is 11.8. The van der Waals surface area contributed by atoms with Crippen molar-refractivity contribution in [2.75, 3.05) is 0 Å². The largest absolute Gasteiger partial charge is 0.345 e. The van der Waals surface area contributed by atoms with Crippen LogP contribution in [0.4, 0.5) is 0 Å². The third kappa shape index (κ3) is 4.03. The lowest BCUT2D eigenvalue weighted by Crippen LogP contribution is -2.45. The first kappa shape index (κ1) is 19.6. The van der Waals surface area contributed by atoms with Crippen LogP contribution in [-0.2, 0) is 10.0 Å². The summed E-state index contributed by atoms with van der Waals surface area (Å²) in [4.78, 5) is 8.66. The number of nitrogens with zero attached hydrogens (tertiary/aromatic N) is 1. The Morgan fingerprint density at radius 2 is 1.57 bits per heavy atom. The van der Waals surface area contributed by atoms with Gasteiger partial charge in [-0.25, -0.2) is 18.1 Å². The minimum Gasteiger partial charge on any atom is -0.345 e. The maximum absolute atomic E-state index is 12.4. The molecule has 2 aliphatic carbocycles. The molecule has 2 saturated carbocycles. The first-order chi connectivity index (χ1) is 13.2. The van der Waals surface area contributed by atoms with E-state index in [0.717, 1.165) is 37.2 Å². The van der Waals surface area contributed by atoms with Gasteiger partial charge in [-0.2, -0.15) is 0 Å². The molecular weight excluding hydrogens is 370 g/mol. The summed E-state index contributed by atoms with van der Waals surface area (Å²) in [5.74, 6) is 2.08. The molecule has 0 bridgehead atoms. The normalized spacial score (nSPS) is 23.7. The van der Waals surface area contributed by atoms with Crippen molar-refractivity contribution in [2.24, 2.45) is 0 Å². The Morgan fingerprint density at radius 3 is 2.14 bits per heavy atom. The average molecular weight is 402 g/mol. The molecule has 2 aliphatic rings. The van der Waals surface area contributed by atoms with Gasteiger partial charge in [0.1, 0.15) is 5.82 Å². The van der Waals surface area contributed by atoms with Gasteiger partial charge in [0.25, 0.3) is 0 Å². The predicted molar refractivity (Wildman–Crippen MR) is 113 cm³/mol.